The Hall–Kier alpha value is -2.90. The number of anilines is 1. The van der Waals surface area contributed by atoms with E-state index in [0.717, 1.165) is 5.56 Å². The van der Waals surface area contributed by atoms with Crippen molar-refractivity contribution in [2.24, 2.45) is 0 Å². The fourth-order valence-electron chi connectivity index (χ4n) is 1.63. The summed E-state index contributed by atoms with van der Waals surface area (Å²) in [4.78, 5) is 26.6. The second kappa shape index (κ2) is 6.04. The van der Waals surface area contributed by atoms with Crippen molar-refractivity contribution in [1.82, 2.24) is 15.5 Å². The number of aromatic nitrogens is 2. The first kappa shape index (κ1) is 14.5. The maximum atomic E-state index is 11.8. The van der Waals surface area contributed by atoms with Gasteiger partial charge < -0.3 is 20.3 Å². The van der Waals surface area contributed by atoms with Crippen LogP contribution in [0.4, 0.5) is 10.5 Å². The van der Waals surface area contributed by atoms with Crippen LogP contribution in [-0.2, 0) is 6.54 Å². The molecule has 2 rings (SSSR count). The zero-order chi connectivity index (χ0) is 15.4. The van der Waals surface area contributed by atoms with Crippen LogP contribution in [0.1, 0.15) is 27.6 Å². The van der Waals surface area contributed by atoms with Crippen LogP contribution in [0.15, 0.2) is 22.7 Å². The number of hydrogen-bond acceptors (Lipinski definition) is 5. The molecule has 3 N–H and O–H groups in total. The SMILES string of the molecule is Cc1nc(CNC(=O)Nc2cc(C(=O)O)ccc2C)no1. The molecule has 21 heavy (non-hydrogen) atoms. The zero-order valence-corrected chi connectivity index (χ0v) is 11.5. The Labute approximate surface area is 120 Å². The Morgan fingerprint density at radius 2 is 2.10 bits per heavy atom. The number of carbonyl (C=O) groups is 2. The molecule has 0 radical (unpaired) electrons. The van der Waals surface area contributed by atoms with Crippen LogP contribution in [0.2, 0.25) is 0 Å². The summed E-state index contributed by atoms with van der Waals surface area (Å²) < 4.78 is 4.78. The summed E-state index contributed by atoms with van der Waals surface area (Å²) in [7, 11) is 0. The summed E-state index contributed by atoms with van der Waals surface area (Å²) in [6.07, 6.45) is 0. The molecule has 0 aliphatic heterocycles. The quantitative estimate of drug-likeness (QED) is 0.789. The van der Waals surface area contributed by atoms with Crippen molar-refractivity contribution in [3.05, 3.63) is 41.0 Å². The second-order valence-corrected chi connectivity index (χ2v) is 4.37. The number of nitrogens with one attached hydrogen (secondary N) is 2. The van der Waals surface area contributed by atoms with E-state index in [4.69, 9.17) is 9.63 Å². The lowest BCUT2D eigenvalue weighted by Crippen LogP contribution is -2.29. The third kappa shape index (κ3) is 3.78. The van der Waals surface area contributed by atoms with Gasteiger partial charge in [-0.3, -0.25) is 0 Å². The topological polar surface area (TPSA) is 117 Å². The van der Waals surface area contributed by atoms with Gasteiger partial charge in [0.2, 0.25) is 5.89 Å². The molecule has 1 heterocycles. The van der Waals surface area contributed by atoms with Gasteiger partial charge in [0.05, 0.1) is 12.1 Å². The van der Waals surface area contributed by atoms with Crippen molar-refractivity contribution in [3.63, 3.8) is 0 Å². The summed E-state index contributed by atoms with van der Waals surface area (Å²) in [6, 6.07) is 4.02. The summed E-state index contributed by atoms with van der Waals surface area (Å²) in [5.74, 6) is -0.281. The second-order valence-electron chi connectivity index (χ2n) is 4.37. The number of hydrogen-bond donors (Lipinski definition) is 3. The molecule has 2 amide bonds. The molecular weight excluding hydrogens is 276 g/mol. The highest BCUT2D eigenvalue weighted by Crippen LogP contribution is 2.16. The number of aromatic carboxylic acids is 1. The van der Waals surface area contributed by atoms with Gasteiger partial charge in [0.25, 0.3) is 0 Å². The van der Waals surface area contributed by atoms with Gasteiger partial charge in [0, 0.05) is 12.6 Å². The maximum Gasteiger partial charge on any atom is 0.335 e. The molecule has 2 aromatic rings. The van der Waals surface area contributed by atoms with Gasteiger partial charge in [0.15, 0.2) is 5.82 Å². The number of carboxylic acid groups (broad SMARTS) is 1. The minimum Gasteiger partial charge on any atom is -0.478 e. The smallest absolute Gasteiger partial charge is 0.335 e. The number of amides is 2. The number of aryl methyl sites for hydroxylation is 2. The molecule has 8 heteroatoms. The number of nitrogens with zero attached hydrogens (tertiary/aromatic N) is 2. The predicted octanol–water partition coefficient (Wildman–Crippen LogP) is 1.71. The van der Waals surface area contributed by atoms with E-state index in [0.29, 0.717) is 17.4 Å². The largest absolute Gasteiger partial charge is 0.478 e. The molecular formula is C13H14N4O4. The first-order valence-corrected chi connectivity index (χ1v) is 6.13. The van der Waals surface area contributed by atoms with Crippen LogP contribution in [0.3, 0.4) is 0 Å². The average Bonchev–Trinajstić information content (AvgIpc) is 2.84. The lowest BCUT2D eigenvalue weighted by molar-refractivity contribution is 0.0697. The molecule has 0 aliphatic carbocycles. The summed E-state index contributed by atoms with van der Waals surface area (Å²) in [5, 5.41) is 17.7. The molecule has 110 valence electrons. The van der Waals surface area contributed by atoms with Crippen molar-refractivity contribution in [1.29, 1.82) is 0 Å². The third-order valence-corrected chi connectivity index (χ3v) is 2.71. The number of carbonyl (C=O) groups excluding carboxylic acids is 1. The standard InChI is InChI=1S/C13H14N4O4/c1-7-3-4-9(12(18)19)5-10(7)16-13(20)14-6-11-15-8(2)21-17-11/h3-5H,6H2,1-2H3,(H,18,19)(H2,14,16,20). The van der Waals surface area contributed by atoms with Gasteiger partial charge in [-0.1, -0.05) is 11.2 Å². The van der Waals surface area contributed by atoms with Crippen LogP contribution in [0, 0.1) is 13.8 Å². The van der Waals surface area contributed by atoms with Crippen molar-refractivity contribution in [2.45, 2.75) is 20.4 Å². The van der Waals surface area contributed by atoms with Crippen molar-refractivity contribution >= 4 is 17.7 Å². The number of urea groups is 1. The van der Waals surface area contributed by atoms with Crippen LogP contribution in [0.25, 0.3) is 0 Å². The zero-order valence-electron chi connectivity index (χ0n) is 11.5. The van der Waals surface area contributed by atoms with Gasteiger partial charge in [0.1, 0.15) is 0 Å². The maximum absolute atomic E-state index is 11.8. The summed E-state index contributed by atoms with van der Waals surface area (Å²) in [5.41, 5.74) is 1.28. The fourth-order valence-corrected chi connectivity index (χ4v) is 1.63. The van der Waals surface area contributed by atoms with Gasteiger partial charge in [-0.2, -0.15) is 4.98 Å². The van der Waals surface area contributed by atoms with Gasteiger partial charge >= 0.3 is 12.0 Å². The Morgan fingerprint density at radius 1 is 1.33 bits per heavy atom. The lowest BCUT2D eigenvalue weighted by atomic mass is 10.1. The van der Waals surface area contributed by atoms with E-state index in [-0.39, 0.29) is 12.1 Å². The van der Waals surface area contributed by atoms with E-state index in [1.165, 1.54) is 12.1 Å². The molecule has 0 aliphatic rings. The molecule has 1 aromatic carbocycles. The van der Waals surface area contributed by atoms with E-state index in [2.05, 4.69) is 20.8 Å². The summed E-state index contributed by atoms with van der Waals surface area (Å²) in [6.45, 7) is 3.53. The molecule has 0 saturated carbocycles. The Morgan fingerprint density at radius 3 is 2.71 bits per heavy atom. The summed E-state index contributed by atoms with van der Waals surface area (Å²) >= 11 is 0. The van der Waals surface area contributed by atoms with E-state index in [1.807, 2.05) is 0 Å². The van der Waals surface area contributed by atoms with Crippen LogP contribution >= 0.6 is 0 Å². The molecule has 0 bridgehead atoms. The van der Waals surface area contributed by atoms with Crippen molar-refractivity contribution in [2.75, 3.05) is 5.32 Å². The molecule has 8 nitrogen and oxygen atoms in total. The Bertz CT molecular complexity index is 681. The Kier molecular flexibility index (Phi) is 4.17. The average molecular weight is 290 g/mol. The fraction of sp³-hybridized carbons (Fsp3) is 0.231. The lowest BCUT2D eigenvalue weighted by Gasteiger charge is -2.09. The van der Waals surface area contributed by atoms with E-state index < -0.39 is 12.0 Å². The highest BCUT2D eigenvalue weighted by molar-refractivity contribution is 5.93. The number of rotatable bonds is 4. The van der Waals surface area contributed by atoms with Crippen molar-refractivity contribution < 1.29 is 19.2 Å². The molecule has 0 spiro atoms. The molecule has 0 saturated heterocycles. The molecule has 1 aromatic heterocycles. The molecule has 0 fully saturated rings. The first-order valence-electron chi connectivity index (χ1n) is 6.13. The molecule has 0 unspecified atom stereocenters. The highest BCUT2D eigenvalue weighted by atomic mass is 16.5. The van der Waals surface area contributed by atoms with Crippen LogP contribution < -0.4 is 10.6 Å². The predicted molar refractivity (Wildman–Crippen MR) is 73.0 cm³/mol. The number of carboxylic acids is 1. The third-order valence-electron chi connectivity index (χ3n) is 2.71. The normalized spacial score (nSPS) is 10.2. The number of benzene rings is 1. The Balaban J connectivity index is 1.99. The van der Waals surface area contributed by atoms with Gasteiger partial charge in [-0.25, -0.2) is 9.59 Å². The van der Waals surface area contributed by atoms with Gasteiger partial charge in [-0.05, 0) is 24.6 Å². The molecule has 0 atom stereocenters. The van der Waals surface area contributed by atoms with Crippen LogP contribution in [0.5, 0.6) is 0 Å². The van der Waals surface area contributed by atoms with Crippen LogP contribution in [-0.4, -0.2) is 27.2 Å². The van der Waals surface area contributed by atoms with E-state index in [9.17, 15) is 9.59 Å². The minimum atomic E-state index is -1.05. The first-order chi connectivity index (χ1) is 9.95. The van der Waals surface area contributed by atoms with E-state index in [1.54, 1.807) is 19.9 Å². The monoisotopic (exact) mass is 290 g/mol. The van der Waals surface area contributed by atoms with E-state index >= 15 is 0 Å². The highest BCUT2D eigenvalue weighted by Gasteiger charge is 2.10. The van der Waals surface area contributed by atoms with Gasteiger partial charge in [-0.15, -0.1) is 0 Å². The minimum absolute atomic E-state index is 0.102. The van der Waals surface area contributed by atoms with Crippen molar-refractivity contribution in [3.8, 4) is 0 Å².